The van der Waals surface area contributed by atoms with E-state index in [0.29, 0.717) is 29.5 Å². The number of anilines is 2. The maximum Gasteiger partial charge on any atom is 0.350 e. The van der Waals surface area contributed by atoms with Crippen LogP contribution in [0.3, 0.4) is 0 Å². The van der Waals surface area contributed by atoms with Crippen molar-refractivity contribution in [3.8, 4) is 21.9 Å². The molecule has 1 aliphatic heterocycles. The molecule has 0 spiro atoms. The lowest BCUT2D eigenvalue weighted by Gasteiger charge is -2.18. The number of urea groups is 1. The molecule has 1 N–H and O–H groups in total. The fourth-order valence-corrected chi connectivity index (χ4v) is 5.30. The highest BCUT2D eigenvalue weighted by Gasteiger charge is 2.25. The van der Waals surface area contributed by atoms with Crippen LogP contribution in [-0.2, 0) is 4.74 Å². The number of benzene rings is 2. The number of thiophene rings is 1. The Morgan fingerprint density at radius 3 is 2.50 bits per heavy atom. The van der Waals surface area contributed by atoms with Gasteiger partial charge in [0.05, 0.1) is 19.9 Å². The number of amides is 2. The standard InChI is InChI=1S/C26H29N3O5S2/c1-32-22-16-19(10-11-21(22)34-15-14-28-12-6-7-13-28)27-26(31)29(35)20-17-23(18-8-4-3-5-9-18)36-24(20)25(30)33-2/h3-5,8-11,16-17,35H,6-7,12-15H2,1-2H3,(H,27,31). The van der Waals surface area contributed by atoms with E-state index in [1.54, 1.807) is 31.4 Å². The molecular formula is C26H29N3O5S2. The first-order chi connectivity index (χ1) is 17.5. The Balaban J connectivity index is 1.47. The monoisotopic (exact) mass is 527 g/mol. The van der Waals surface area contributed by atoms with Crippen LogP contribution in [0, 0.1) is 0 Å². The highest BCUT2D eigenvalue weighted by atomic mass is 32.1. The third kappa shape index (κ3) is 6.13. The van der Waals surface area contributed by atoms with Crippen molar-refractivity contribution in [3.05, 3.63) is 59.5 Å². The first kappa shape index (κ1) is 25.9. The number of hydrogen-bond donors (Lipinski definition) is 2. The normalized spacial score (nSPS) is 13.3. The van der Waals surface area contributed by atoms with Crippen molar-refractivity contribution in [2.75, 3.05) is 50.1 Å². The summed E-state index contributed by atoms with van der Waals surface area (Å²) in [6, 6.07) is 16.0. The first-order valence-corrected chi connectivity index (χ1v) is 12.8. The molecule has 2 aromatic carbocycles. The van der Waals surface area contributed by atoms with Crippen LogP contribution in [0.5, 0.6) is 11.5 Å². The molecule has 0 saturated carbocycles. The second kappa shape index (κ2) is 12.2. The minimum atomic E-state index is -0.541. The first-order valence-electron chi connectivity index (χ1n) is 11.6. The number of carbonyl (C=O) groups excluding carboxylic acids is 2. The molecule has 3 aromatic rings. The van der Waals surface area contributed by atoms with Crippen molar-refractivity contribution in [3.63, 3.8) is 0 Å². The molecule has 1 aromatic heterocycles. The molecule has 0 unspecified atom stereocenters. The summed E-state index contributed by atoms with van der Waals surface area (Å²) in [5.74, 6) is 0.578. The molecule has 0 radical (unpaired) electrons. The molecule has 1 aliphatic rings. The van der Waals surface area contributed by atoms with E-state index >= 15 is 0 Å². The smallest absolute Gasteiger partial charge is 0.350 e. The number of nitrogens with zero attached hydrogens (tertiary/aromatic N) is 2. The van der Waals surface area contributed by atoms with Crippen LogP contribution in [0.4, 0.5) is 16.2 Å². The molecule has 0 bridgehead atoms. The third-order valence-electron chi connectivity index (χ3n) is 5.84. The number of likely N-dealkylation sites (tertiary alicyclic amines) is 1. The topological polar surface area (TPSA) is 80.3 Å². The van der Waals surface area contributed by atoms with E-state index in [0.717, 1.165) is 34.4 Å². The minimum Gasteiger partial charge on any atom is -0.493 e. The number of carbonyl (C=O) groups is 2. The van der Waals surface area contributed by atoms with Gasteiger partial charge in [-0.2, -0.15) is 0 Å². The van der Waals surface area contributed by atoms with Crippen molar-refractivity contribution in [1.29, 1.82) is 0 Å². The maximum absolute atomic E-state index is 13.0. The van der Waals surface area contributed by atoms with Crippen LogP contribution in [0.25, 0.3) is 10.4 Å². The van der Waals surface area contributed by atoms with Gasteiger partial charge in [-0.3, -0.25) is 4.90 Å². The van der Waals surface area contributed by atoms with Gasteiger partial charge in [0, 0.05) is 23.2 Å². The molecule has 2 amide bonds. The van der Waals surface area contributed by atoms with E-state index in [4.69, 9.17) is 14.2 Å². The van der Waals surface area contributed by atoms with E-state index < -0.39 is 12.0 Å². The van der Waals surface area contributed by atoms with Gasteiger partial charge in [0.2, 0.25) is 0 Å². The Labute approximate surface area is 220 Å². The van der Waals surface area contributed by atoms with Crippen LogP contribution >= 0.6 is 24.2 Å². The highest BCUT2D eigenvalue weighted by molar-refractivity contribution is 7.82. The molecule has 36 heavy (non-hydrogen) atoms. The number of hydrogen-bond acceptors (Lipinski definition) is 8. The van der Waals surface area contributed by atoms with Crippen LogP contribution in [0.15, 0.2) is 54.6 Å². The van der Waals surface area contributed by atoms with Gasteiger partial charge in [-0.1, -0.05) is 43.1 Å². The van der Waals surface area contributed by atoms with Gasteiger partial charge < -0.3 is 19.5 Å². The van der Waals surface area contributed by atoms with Crippen molar-refractivity contribution < 1.29 is 23.8 Å². The van der Waals surface area contributed by atoms with Crippen LogP contribution in [0.1, 0.15) is 22.5 Å². The molecule has 190 valence electrons. The molecule has 2 heterocycles. The lowest BCUT2D eigenvalue weighted by Crippen LogP contribution is -2.27. The lowest BCUT2D eigenvalue weighted by atomic mass is 10.2. The van der Waals surface area contributed by atoms with E-state index in [1.807, 2.05) is 30.3 Å². The van der Waals surface area contributed by atoms with Crippen molar-refractivity contribution in [1.82, 2.24) is 4.90 Å². The maximum atomic E-state index is 13.0. The molecular weight excluding hydrogens is 498 g/mol. The van der Waals surface area contributed by atoms with Gasteiger partial charge in [-0.15, -0.1) is 11.3 Å². The largest absolute Gasteiger partial charge is 0.493 e. The summed E-state index contributed by atoms with van der Waals surface area (Å²) in [4.78, 5) is 28.9. The van der Waals surface area contributed by atoms with E-state index in [2.05, 4.69) is 23.0 Å². The van der Waals surface area contributed by atoms with Gasteiger partial charge in [0.1, 0.15) is 11.5 Å². The molecule has 10 heteroatoms. The fourth-order valence-electron chi connectivity index (χ4n) is 3.96. The number of thiol groups is 1. The Hall–Kier alpha value is -3.21. The fraction of sp³-hybridized carbons (Fsp3) is 0.308. The van der Waals surface area contributed by atoms with Crippen LogP contribution in [0.2, 0.25) is 0 Å². The van der Waals surface area contributed by atoms with Gasteiger partial charge in [-0.05, 0) is 49.7 Å². The number of methoxy groups -OCH3 is 2. The van der Waals surface area contributed by atoms with Gasteiger partial charge in [-0.25, -0.2) is 13.9 Å². The second-order valence-corrected chi connectivity index (χ2v) is 9.64. The summed E-state index contributed by atoms with van der Waals surface area (Å²) in [5.41, 5.74) is 1.76. The number of esters is 1. The predicted octanol–water partition coefficient (Wildman–Crippen LogP) is 5.57. The number of nitrogens with one attached hydrogen (secondary N) is 1. The molecule has 1 saturated heterocycles. The quantitative estimate of drug-likeness (QED) is 0.280. The Kier molecular flexibility index (Phi) is 8.74. The van der Waals surface area contributed by atoms with Gasteiger partial charge in [0.25, 0.3) is 0 Å². The minimum absolute atomic E-state index is 0.279. The summed E-state index contributed by atoms with van der Waals surface area (Å²) in [6.45, 7) is 3.65. The zero-order valence-corrected chi connectivity index (χ0v) is 21.9. The summed E-state index contributed by atoms with van der Waals surface area (Å²) in [7, 11) is 2.86. The number of ether oxygens (including phenoxy) is 3. The van der Waals surface area contributed by atoms with E-state index in [1.165, 1.54) is 31.3 Å². The average molecular weight is 528 g/mol. The second-order valence-electron chi connectivity index (χ2n) is 8.19. The lowest BCUT2D eigenvalue weighted by molar-refractivity contribution is 0.0607. The molecule has 0 aliphatic carbocycles. The average Bonchev–Trinajstić information content (AvgIpc) is 3.59. The highest BCUT2D eigenvalue weighted by Crippen LogP contribution is 2.38. The molecule has 0 atom stereocenters. The zero-order chi connectivity index (χ0) is 25.5. The van der Waals surface area contributed by atoms with Crippen molar-refractivity contribution in [2.24, 2.45) is 0 Å². The predicted molar refractivity (Wildman–Crippen MR) is 146 cm³/mol. The SMILES string of the molecule is COC(=O)c1sc(-c2ccccc2)cc1N(S)C(=O)Nc1ccc(OCCN2CCCC2)c(OC)c1. The Morgan fingerprint density at radius 2 is 1.81 bits per heavy atom. The molecule has 1 fully saturated rings. The van der Waals surface area contributed by atoms with Crippen molar-refractivity contribution >= 4 is 47.5 Å². The number of rotatable bonds is 9. The zero-order valence-electron chi connectivity index (χ0n) is 20.2. The summed E-state index contributed by atoms with van der Waals surface area (Å²) in [6.07, 6.45) is 2.47. The van der Waals surface area contributed by atoms with Crippen LogP contribution < -0.4 is 19.1 Å². The van der Waals surface area contributed by atoms with E-state index in [9.17, 15) is 9.59 Å². The summed E-state index contributed by atoms with van der Waals surface area (Å²) < 4.78 is 17.4. The molecule has 8 nitrogen and oxygen atoms in total. The molecule has 4 rings (SSSR count). The Morgan fingerprint density at radius 1 is 1.06 bits per heavy atom. The third-order valence-corrected chi connectivity index (χ3v) is 7.39. The van der Waals surface area contributed by atoms with Gasteiger partial charge >= 0.3 is 12.0 Å². The summed E-state index contributed by atoms with van der Waals surface area (Å²) in [5, 5.41) is 2.80. The Bertz CT molecular complexity index is 1200. The van der Waals surface area contributed by atoms with E-state index in [-0.39, 0.29) is 4.88 Å². The van der Waals surface area contributed by atoms with Crippen LogP contribution in [-0.4, -0.2) is 57.4 Å². The summed E-state index contributed by atoms with van der Waals surface area (Å²) >= 11 is 5.63. The van der Waals surface area contributed by atoms with Crippen molar-refractivity contribution in [2.45, 2.75) is 12.8 Å². The van der Waals surface area contributed by atoms with Gasteiger partial charge in [0.15, 0.2) is 11.5 Å².